The van der Waals surface area contributed by atoms with Gasteiger partial charge in [0.05, 0.1) is 6.10 Å². The van der Waals surface area contributed by atoms with Gasteiger partial charge in [-0.25, -0.2) is 4.99 Å². The van der Waals surface area contributed by atoms with Gasteiger partial charge in [-0.3, -0.25) is 0 Å². The number of aromatic nitrogens is 2. The maximum absolute atomic E-state index is 9.61. The SMILES string of the molecule is CCNC(=NCc1nc(C(C)OCC)no1)N1CCC(O)CC1.I. The Labute approximate surface area is 160 Å². The van der Waals surface area contributed by atoms with Crippen LogP contribution in [0.3, 0.4) is 0 Å². The summed E-state index contributed by atoms with van der Waals surface area (Å²) in [6, 6.07) is 0. The van der Waals surface area contributed by atoms with Gasteiger partial charge in [0, 0.05) is 26.2 Å². The zero-order chi connectivity index (χ0) is 16.7. The first-order valence-corrected chi connectivity index (χ1v) is 8.29. The molecule has 2 N–H and O–H groups in total. The van der Waals surface area contributed by atoms with Gasteiger partial charge < -0.3 is 24.6 Å². The van der Waals surface area contributed by atoms with E-state index in [4.69, 9.17) is 9.26 Å². The number of ether oxygens (including phenoxy) is 1. The lowest BCUT2D eigenvalue weighted by Crippen LogP contribution is -2.46. The average Bonchev–Trinajstić information content (AvgIpc) is 3.02. The molecule has 1 aromatic heterocycles. The number of aliphatic hydroxyl groups excluding tert-OH is 1. The lowest BCUT2D eigenvalue weighted by Gasteiger charge is -2.32. The summed E-state index contributed by atoms with van der Waals surface area (Å²) in [4.78, 5) is 11.0. The Balaban J connectivity index is 0.00000288. The number of hydrogen-bond acceptors (Lipinski definition) is 6. The number of piperidine rings is 1. The quantitative estimate of drug-likeness (QED) is 0.385. The lowest BCUT2D eigenvalue weighted by atomic mass is 10.1. The van der Waals surface area contributed by atoms with Gasteiger partial charge in [0.1, 0.15) is 12.6 Å². The van der Waals surface area contributed by atoms with Crippen molar-refractivity contribution in [2.75, 3.05) is 26.2 Å². The predicted molar refractivity (Wildman–Crippen MR) is 101 cm³/mol. The Morgan fingerprint density at radius 2 is 2.17 bits per heavy atom. The van der Waals surface area contributed by atoms with Crippen molar-refractivity contribution >= 4 is 29.9 Å². The van der Waals surface area contributed by atoms with Crippen LogP contribution in [0.25, 0.3) is 0 Å². The molecule has 0 spiro atoms. The highest BCUT2D eigenvalue weighted by Crippen LogP contribution is 2.14. The van der Waals surface area contributed by atoms with E-state index < -0.39 is 0 Å². The highest BCUT2D eigenvalue weighted by atomic mass is 127. The molecule has 1 atom stereocenters. The molecule has 2 rings (SSSR count). The molecular weight excluding hydrogens is 425 g/mol. The van der Waals surface area contributed by atoms with Gasteiger partial charge >= 0.3 is 0 Å². The van der Waals surface area contributed by atoms with Crippen LogP contribution in [0.5, 0.6) is 0 Å². The second-order valence-electron chi connectivity index (χ2n) is 5.53. The fraction of sp³-hybridized carbons (Fsp3) is 0.800. The molecule has 0 radical (unpaired) electrons. The second kappa shape index (κ2) is 10.8. The third-order valence-electron chi connectivity index (χ3n) is 3.73. The molecule has 8 nitrogen and oxygen atoms in total. The number of halogens is 1. The second-order valence-corrected chi connectivity index (χ2v) is 5.53. The van der Waals surface area contributed by atoms with Crippen LogP contribution in [0.4, 0.5) is 0 Å². The molecule has 24 heavy (non-hydrogen) atoms. The van der Waals surface area contributed by atoms with Crippen LogP contribution < -0.4 is 5.32 Å². The molecule has 2 heterocycles. The Bertz CT molecular complexity index is 503. The average molecular weight is 453 g/mol. The Hall–Kier alpha value is -0.940. The molecule has 138 valence electrons. The summed E-state index contributed by atoms with van der Waals surface area (Å²) in [5.74, 6) is 1.83. The minimum Gasteiger partial charge on any atom is -0.393 e. The van der Waals surface area contributed by atoms with E-state index >= 15 is 0 Å². The summed E-state index contributed by atoms with van der Waals surface area (Å²) in [6.07, 6.45) is 1.15. The van der Waals surface area contributed by atoms with E-state index in [0.29, 0.717) is 24.9 Å². The van der Waals surface area contributed by atoms with Gasteiger partial charge in [-0.1, -0.05) is 5.16 Å². The number of rotatable bonds is 6. The molecule has 0 aromatic carbocycles. The highest BCUT2D eigenvalue weighted by Gasteiger charge is 2.20. The van der Waals surface area contributed by atoms with E-state index in [1.807, 2.05) is 20.8 Å². The maximum Gasteiger partial charge on any atom is 0.248 e. The van der Waals surface area contributed by atoms with Crippen molar-refractivity contribution in [1.82, 2.24) is 20.4 Å². The fourth-order valence-electron chi connectivity index (χ4n) is 2.47. The Kier molecular flexibility index (Phi) is 9.52. The Morgan fingerprint density at radius 1 is 1.46 bits per heavy atom. The molecule has 1 aromatic rings. The topological polar surface area (TPSA) is 96.0 Å². The molecule has 0 aliphatic carbocycles. The van der Waals surface area contributed by atoms with Crippen LogP contribution in [-0.4, -0.2) is 58.5 Å². The minimum absolute atomic E-state index is 0. The number of nitrogens with one attached hydrogen (secondary N) is 1. The summed E-state index contributed by atoms with van der Waals surface area (Å²) in [5.41, 5.74) is 0. The van der Waals surface area contributed by atoms with E-state index in [2.05, 4.69) is 25.3 Å². The lowest BCUT2D eigenvalue weighted by molar-refractivity contribution is 0.0683. The molecule has 1 aliphatic heterocycles. The molecule has 1 fully saturated rings. The van der Waals surface area contributed by atoms with Gasteiger partial charge in [-0.2, -0.15) is 4.98 Å². The van der Waals surface area contributed by atoms with Crippen molar-refractivity contribution in [3.8, 4) is 0 Å². The van der Waals surface area contributed by atoms with Crippen LogP contribution in [0.1, 0.15) is 51.4 Å². The zero-order valence-electron chi connectivity index (χ0n) is 14.6. The Morgan fingerprint density at radius 3 is 2.79 bits per heavy atom. The van der Waals surface area contributed by atoms with Crippen LogP contribution >= 0.6 is 24.0 Å². The molecule has 9 heteroatoms. The smallest absolute Gasteiger partial charge is 0.248 e. The number of nitrogens with zero attached hydrogens (tertiary/aromatic N) is 4. The standard InChI is InChI=1S/C15H27N5O3.HI/c1-4-16-15(20-8-6-12(21)7-9-20)17-10-13-18-14(19-23-13)11(3)22-5-2;/h11-12,21H,4-10H2,1-3H3,(H,16,17);1H. The van der Waals surface area contributed by atoms with Gasteiger partial charge in [0.2, 0.25) is 5.89 Å². The summed E-state index contributed by atoms with van der Waals surface area (Å²) in [5, 5.41) is 16.8. The normalized spacial score (nSPS) is 17.5. The molecule has 1 saturated heterocycles. The molecule has 0 bridgehead atoms. The van der Waals surface area contributed by atoms with E-state index in [1.165, 1.54) is 0 Å². The highest BCUT2D eigenvalue weighted by molar-refractivity contribution is 14.0. The van der Waals surface area contributed by atoms with Crippen LogP contribution in [0, 0.1) is 0 Å². The van der Waals surface area contributed by atoms with E-state index in [1.54, 1.807) is 0 Å². The number of guanidine groups is 1. The molecular formula is C15H28IN5O3. The first-order chi connectivity index (χ1) is 11.1. The third-order valence-corrected chi connectivity index (χ3v) is 3.73. The summed E-state index contributed by atoms with van der Waals surface area (Å²) in [7, 11) is 0. The van der Waals surface area contributed by atoms with E-state index in [9.17, 15) is 5.11 Å². The summed E-state index contributed by atoms with van der Waals surface area (Å²) >= 11 is 0. The van der Waals surface area contributed by atoms with Crippen LogP contribution in [-0.2, 0) is 11.3 Å². The predicted octanol–water partition coefficient (Wildman–Crippen LogP) is 1.71. The molecule has 1 unspecified atom stereocenters. The number of aliphatic hydroxyl groups is 1. The van der Waals surface area contributed by atoms with Crippen molar-refractivity contribution < 1.29 is 14.4 Å². The zero-order valence-corrected chi connectivity index (χ0v) is 16.9. The van der Waals surface area contributed by atoms with Crippen molar-refractivity contribution in [2.45, 2.75) is 52.4 Å². The largest absolute Gasteiger partial charge is 0.393 e. The minimum atomic E-state index is -0.201. The first-order valence-electron chi connectivity index (χ1n) is 8.29. The van der Waals surface area contributed by atoms with Crippen molar-refractivity contribution in [1.29, 1.82) is 0 Å². The van der Waals surface area contributed by atoms with Gasteiger partial charge in [-0.15, -0.1) is 24.0 Å². The maximum atomic E-state index is 9.61. The van der Waals surface area contributed by atoms with Crippen LogP contribution in [0.2, 0.25) is 0 Å². The fourth-order valence-corrected chi connectivity index (χ4v) is 2.47. The van der Waals surface area contributed by atoms with Crippen molar-refractivity contribution in [3.63, 3.8) is 0 Å². The van der Waals surface area contributed by atoms with Crippen molar-refractivity contribution in [3.05, 3.63) is 11.7 Å². The molecule has 0 saturated carbocycles. The van der Waals surface area contributed by atoms with Crippen molar-refractivity contribution in [2.24, 2.45) is 4.99 Å². The third kappa shape index (κ3) is 6.17. The van der Waals surface area contributed by atoms with Gasteiger partial charge in [0.15, 0.2) is 11.8 Å². The number of aliphatic imine (C=N–C) groups is 1. The summed E-state index contributed by atoms with van der Waals surface area (Å²) < 4.78 is 10.7. The van der Waals surface area contributed by atoms with Gasteiger partial charge in [-0.05, 0) is 33.6 Å². The van der Waals surface area contributed by atoms with E-state index in [-0.39, 0.29) is 36.2 Å². The monoisotopic (exact) mass is 453 g/mol. The first kappa shape index (κ1) is 21.1. The summed E-state index contributed by atoms with van der Waals surface area (Å²) in [6.45, 7) is 9.16. The van der Waals surface area contributed by atoms with E-state index in [0.717, 1.165) is 38.4 Å². The number of hydrogen-bond donors (Lipinski definition) is 2. The van der Waals surface area contributed by atoms with Gasteiger partial charge in [0.25, 0.3) is 0 Å². The van der Waals surface area contributed by atoms with Crippen LogP contribution in [0.15, 0.2) is 9.52 Å². The number of likely N-dealkylation sites (tertiary alicyclic amines) is 1. The molecule has 0 amide bonds. The molecule has 1 aliphatic rings.